The van der Waals surface area contributed by atoms with E-state index in [1.807, 2.05) is 6.07 Å². The Bertz CT molecular complexity index is 684. The molecule has 2 aliphatic rings. The van der Waals surface area contributed by atoms with E-state index in [1.54, 1.807) is 0 Å². The maximum absolute atomic E-state index is 6.20. The maximum Gasteiger partial charge on any atom is 0.124 e. The molecule has 22 heavy (non-hydrogen) atoms. The first-order chi connectivity index (χ1) is 10.9. The van der Waals surface area contributed by atoms with Gasteiger partial charge in [0.25, 0.3) is 0 Å². The summed E-state index contributed by atoms with van der Waals surface area (Å²) >= 11 is 0. The number of ether oxygens (including phenoxy) is 1. The molecule has 0 aromatic heterocycles. The normalized spacial score (nSPS) is 18.4. The van der Waals surface area contributed by atoms with Gasteiger partial charge in [-0.25, -0.2) is 0 Å². The summed E-state index contributed by atoms with van der Waals surface area (Å²) < 4.78 is 6.20. The third-order valence-corrected chi connectivity index (χ3v) is 4.87. The van der Waals surface area contributed by atoms with Crippen LogP contribution in [-0.2, 0) is 12.0 Å². The highest BCUT2D eigenvalue weighted by Crippen LogP contribution is 2.47. The Morgan fingerprint density at radius 1 is 0.955 bits per heavy atom. The Hall–Kier alpha value is -2.06. The average molecular weight is 291 g/mol. The predicted molar refractivity (Wildman–Crippen MR) is 90.0 cm³/mol. The molecule has 112 valence electrons. The summed E-state index contributed by atoms with van der Waals surface area (Å²) in [5.41, 5.74) is 4.11. The van der Waals surface area contributed by atoms with Gasteiger partial charge in [0.2, 0.25) is 0 Å². The van der Waals surface area contributed by atoms with Crippen molar-refractivity contribution in [3.8, 4) is 5.75 Å². The van der Waals surface area contributed by atoms with Gasteiger partial charge in [0.15, 0.2) is 0 Å². The fourth-order valence-corrected chi connectivity index (χ4v) is 3.70. The summed E-state index contributed by atoms with van der Waals surface area (Å²) in [6.07, 6.45) is 6.98. The molecule has 4 rings (SSSR count). The topological polar surface area (TPSA) is 21.3 Å². The van der Waals surface area contributed by atoms with Crippen LogP contribution in [0, 0.1) is 0 Å². The van der Waals surface area contributed by atoms with E-state index in [9.17, 15) is 0 Å². The van der Waals surface area contributed by atoms with Crippen LogP contribution in [0.1, 0.15) is 29.5 Å². The van der Waals surface area contributed by atoms with Crippen LogP contribution in [0.25, 0.3) is 6.08 Å². The van der Waals surface area contributed by atoms with E-state index >= 15 is 0 Å². The Labute approximate surface area is 131 Å². The molecule has 0 saturated carbocycles. The molecule has 1 aliphatic heterocycles. The lowest BCUT2D eigenvalue weighted by Crippen LogP contribution is -2.37. The molecule has 0 atom stereocenters. The number of nitrogens with one attached hydrogen (secondary N) is 1. The molecule has 0 radical (unpaired) electrons. The zero-order valence-corrected chi connectivity index (χ0v) is 12.7. The minimum absolute atomic E-state index is 0.174. The van der Waals surface area contributed by atoms with E-state index in [1.165, 1.54) is 16.7 Å². The minimum Gasteiger partial charge on any atom is -0.489 e. The second-order valence-corrected chi connectivity index (χ2v) is 6.23. The molecule has 2 nitrogen and oxygen atoms in total. The molecular formula is C20H21NO. The molecule has 1 aliphatic carbocycles. The van der Waals surface area contributed by atoms with Crippen molar-refractivity contribution in [2.24, 2.45) is 0 Å². The monoisotopic (exact) mass is 291 g/mol. The van der Waals surface area contributed by atoms with Gasteiger partial charge < -0.3 is 10.1 Å². The highest BCUT2D eigenvalue weighted by molar-refractivity contribution is 5.69. The number of hydrogen-bond acceptors (Lipinski definition) is 2. The van der Waals surface area contributed by atoms with E-state index in [0.717, 1.165) is 31.7 Å². The highest BCUT2D eigenvalue weighted by atomic mass is 16.5. The summed E-state index contributed by atoms with van der Waals surface area (Å²) in [6, 6.07) is 16.8. The lowest BCUT2D eigenvalue weighted by Gasteiger charge is -2.34. The zero-order chi connectivity index (χ0) is 14.8. The SMILES string of the molecule is C1=CC2(CCNCC2)c2c1cccc2OCc1ccccc1. The van der Waals surface area contributed by atoms with Crippen molar-refractivity contribution in [2.75, 3.05) is 13.1 Å². The highest BCUT2D eigenvalue weighted by Gasteiger charge is 2.38. The lowest BCUT2D eigenvalue weighted by atomic mass is 9.74. The molecule has 1 heterocycles. The Morgan fingerprint density at radius 3 is 2.59 bits per heavy atom. The quantitative estimate of drug-likeness (QED) is 0.925. The fourth-order valence-electron chi connectivity index (χ4n) is 3.70. The predicted octanol–water partition coefficient (Wildman–Crippen LogP) is 3.91. The number of hydrogen-bond donors (Lipinski definition) is 1. The molecule has 1 fully saturated rings. The molecule has 0 unspecified atom stereocenters. The second kappa shape index (κ2) is 5.62. The third kappa shape index (κ3) is 2.34. The van der Waals surface area contributed by atoms with Crippen LogP contribution in [0.15, 0.2) is 54.6 Å². The zero-order valence-electron chi connectivity index (χ0n) is 12.7. The van der Waals surface area contributed by atoms with Crippen molar-refractivity contribution in [1.29, 1.82) is 0 Å². The molecular weight excluding hydrogens is 270 g/mol. The average Bonchev–Trinajstić information content (AvgIpc) is 2.94. The van der Waals surface area contributed by atoms with Gasteiger partial charge in [-0.05, 0) is 43.1 Å². The molecule has 1 saturated heterocycles. The summed E-state index contributed by atoms with van der Waals surface area (Å²) in [5, 5.41) is 3.47. The summed E-state index contributed by atoms with van der Waals surface area (Å²) in [4.78, 5) is 0. The van der Waals surface area contributed by atoms with Crippen molar-refractivity contribution >= 4 is 6.08 Å². The summed E-state index contributed by atoms with van der Waals surface area (Å²) in [5.74, 6) is 1.05. The van der Waals surface area contributed by atoms with E-state index in [-0.39, 0.29) is 5.41 Å². The Kier molecular flexibility index (Phi) is 3.47. The molecule has 2 heteroatoms. The van der Waals surface area contributed by atoms with Gasteiger partial charge in [0.1, 0.15) is 12.4 Å². The standard InChI is InChI=1S/C20H21NO/c1-2-5-16(6-3-1)15-22-18-8-4-7-17-9-10-20(19(17)18)11-13-21-14-12-20/h1-10,21H,11-15H2. The van der Waals surface area contributed by atoms with Crippen molar-refractivity contribution in [3.05, 3.63) is 71.3 Å². The second-order valence-electron chi connectivity index (χ2n) is 6.23. The molecule has 1 N–H and O–H groups in total. The van der Waals surface area contributed by atoms with E-state index in [0.29, 0.717) is 6.61 Å². The number of rotatable bonds is 3. The first-order valence-corrected chi connectivity index (χ1v) is 8.08. The third-order valence-electron chi connectivity index (χ3n) is 4.87. The van der Waals surface area contributed by atoms with Crippen molar-refractivity contribution in [1.82, 2.24) is 5.32 Å². The molecule has 2 aromatic rings. The molecule has 2 aromatic carbocycles. The number of allylic oxidation sites excluding steroid dienone is 1. The lowest BCUT2D eigenvalue weighted by molar-refractivity contribution is 0.289. The van der Waals surface area contributed by atoms with Gasteiger partial charge in [0.05, 0.1) is 0 Å². The number of fused-ring (bicyclic) bond motifs is 2. The summed E-state index contributed by atoms with van der Waals surface area (Å²) in [7, 11) is 0. The first kappa shape index (κ1) is 13.6. The number of piperidine rings is 1. The van der Waals surface area contributed by atoms with Crippen LogP contribution >= 0.6 is 0 Å². The van der Waals surface area contributed by atoms with E-state index in [2.05, 4.69) is 59.9 Å². The fraction of sp³-hybridized carbons (Fsp3) is 0.300. The van der Waals surface area contributed by atoms with Crippen LogP contribution < -0.4 is 10.1 Å². The smallest absolute Gasteiger partial charge is 0.124 e. The largest absolute Gasteiger partial charge is 0.489 e. The van der Waals surface area contributed by atoms with Crippen molar-refractivity contribution in [3.63, 3.8) is 0 Å². The molecule has 0 amide bonds. The Morgan fingerprint density at radius 2 is 1.77 bits per heavy atom. The van der Waals surface area contributed by atoms with Crippen LogP contribution in [0.4, 0.5) is 0 Å². The van der Waals surface area contributed by atoms with Gasteiger partial charge in [-0.1, -0.05) is 54.6 Å². The maximum atomic E-state index is 6.20. The van der Waals surface area contributed by atoms with Crippen molar-refractivity contribution < 1.29 is 4.74 Å². The van der Waals surface area contributed by atoms with Gasteiger partial charge >= 0.3 is 0 Å². The number of benzene rings is 2. The van der Waals surface area contributed by atoms with Gasteiger partial charge in [0, 0.05) is 11.0 Å². The summed E-state index contributed by atoms with van der Waals surface area (Å²) in [6.45, 7) is 2.79. The van der Waals surface area contributed by atoms with Crippen LogP contribution in [0.5, 0.6) is 5.75 Å². The van der Waals surface area contributed by atoms with Crippen LogP contribution in [0.2, 0.25) is 0 Å². The first-order valence-electron chi connectivity index (χ1n) is 8.08. The van der Waals surface area contributed by atoms with E-state index in [4.69, 9.17) is 4.74 Å². The molecule has 1 spiro atoms. The Balaban J connectivity index is 1.63. The van der Waals surface area contributed by atoms with Crippen molar-refractivity contribution in [2.45, 2.75) is 24.9 Å². The van der Waals surface area contributed by atoms with Gasteiger partial charge in [-0.3, -0.25) is 0 Å². The van der Waals surface area contributed by atoms with Gasteiger partial charge in [-0.15, -0.1) is 0 Å². The van der Waals surface area contributed by atoms with Gasteiger partial charge in [-0.2, -0.15) is 0 Å². The molecule has 0 bridgehead atoms. The minimum atomic E-state index is 0.174. The van der Waals surface area contributed by atoms with Crippen LogP contribution in [0.3, 0.4) is 0 Å². The van der Waals surface area contributed by atoms with E-state index < -0.39 is 0 Å². The van der Waals surface area contributed by atoms with Crippen LogP contribution in [-0.4, -0.2) is 13.1 Å².